The number of likely N-dealkylation sites (N-methyl/N-ethyl adjacent to an activating group) is 1. The van der Waals surface area contributed by atoms with Gasteiger partial charge >= 0.3 is 0 Å². The van der Waals surface area contributed by atoms with Gasteiger partial charge in [-0.05, 0) is 19.4 Å². The quantitative estimate of drug-likeness (QED) is 0.765. The smallest absolute Gasteiger partial charge is 0.236 e. The van der Waals surface area contributed by atoms with E-state index >= 15 is 0 Å². The van der Waals surface area contributed by atoms with Crippen molar-refractivity contribution in [3.8, 4) is 0 Å². The van der Waals surface area contributed by atoms with Crippen LogP contribution in [0, 0.1) is 5.92 Å². The fourth-order valence-electron chi connectivity index (χ4n) is 4.05. The number of carbonyl (C=O) groups is 1. The average molecular weight is 369 g/mol. The van der Waals surface area contributed by atoms with Gasteiger partial charge in [0.05, 0.1) is 12.7 Å². The summed E-state index contributed by atoms with van der Waals surface area (Å²) in [5, 5.41) is 0. The summed E-state index contributed by atoms with van der Waals surface area (Å²) in [4.78, 5) is 31.9. The summed E-state index contributed by atoms with van der Waals surface area (Å²) in [6.07, 6.45) is 11.3. The van der Waals surface area contributed by atoms with E-state index in [0.29, 0.717) is 12.5 Å². The molecule has 144 valence electrons. The molecule has 1 atom stereocenters. The number of piperazine rings is 1. The third kappa shape index (κ3) is 4.27. The van der Waals surface area contributed by atoms with Crippen LogP contribution in [-0.2, 0) is 17.8 Å². The maximum Gasteiger partial charge on any atom is 0.236 e. The molecule has 0 N–H and O–H groups in total. The number of carbonyl (C=O) groups excluding carboxylic acids is 1. The van der Waals surface area contributed by atoms with E-state index in [4.69, 9.17) is 0 Å². The predicted octanol–water partition coefficient (Wildman–Crippen LogP) is 0.516. The summed E-state index contributed by atoms with van der Waals surface area (Å²) in [6.45, 7) is 5.55. The molecule has 0 radical (unpaired) electrons. The lowest BCUT2D eigenvalue weighted by molar-refractivity contribution is -0.132. The minimum atomic E-state index is 0.216. The minimum Gasteiger partial charge on any atom is -0.352 e. The zero-order chi connectivity index (χ0) is 18.6. The third-order valence-corrected chi connectivity index (χ3v) is 5.53. The zero-order valence-electron chi connectivity index (χ0n) is 15.9. The summed E-state index contributed by atoms with van der Waals surface area (Å²) >= 11 is 0. The van der Waals surface area contributed by atoms with Crippen LogP contribution in [-0.4, -0.2) is 81.5 Å². The van der Waals surface area contributed by atoms with Crippen LogP contribution in [0.3, 0.4) is 0 Å². The number of hydrogen-bond donors (Lipinski definition) is 0. The zero-order valence-corrected chi connectivity index (χ0v) is 15.9. The van der Waals surface area contributed by atoms with E-state index < -0.39 is 0 Å². The van der Waals surface area contributed by atoms with Crippen LogP contribution < -0.4 is 4.90 Å². The van der Waals surface area contributed by atoms with Gasteiger partial charge in [-0.3, -0.25) is 14.7 Å². The molecular formula is C19H27N7O. The molecule has 0 aliphatic carbocycles. The maximum absolute atomic E-state index is 12.7. The van der Waals surface area contributed by atoms with Crippen molar-refractivity contribution < 1.29 is 4.79 Å². The summed E-state index contributed by atoms with van der Waals surface area (Å²) in [5.41, 5.74) is 0. The van der Waals surface area contributed by atoms with E-state index in [1.807, 2.05) is 11.1 Å². The van der Waals surface area contributed by atoms with E-state index in [-0.39, 0.29) is 5.91 Å². The number of nitrogens with zero attached hydrogens (tertiary/aromatic N) is 7. The van der Waals surface area contributed by atoms with Crippen LogP contribution in [0.25, 0.3) is 0 Å². The Bertz CT molecular complexity index is 754. The van der Waals surface area contributed by atoms with E-state index in [0.717, 1.165) is 57.9 Å². The van der Waals surface area contributed by atoms with Crippen LogP contribution in [0.4, 0.5) is 5.82 Å². The van der Waals surface area contributed by atoms with Crippen LogP contribution in [0.15, 0.2) is 31.0 Å². The average Bonchev–Trinajstić information content (AvgIpc) is 3.16. The van der Waals surface area contributed by atoms with Crippen LogP contribution in [0.2, 0.25) is 0 Å². The second kappa shape index (κ2) is 8.04. The summed E-state index contributed by atoms with van der Waals surface area (Å²) in [5.74, 6) is 2.85. The van der Waals surface area contributed by atoms with Gasteiger partial charge in [0.15, 0.2) is 0 Å². The van der Waals surface area contributed by atoms with Gasteiger partial charge in [0.1, 0.15) is 11.6 Å². The van der Waals surface area contributed by atoms with Gasteiger partial charge in [-0.25, -0.2) is 9.97 Å². The molecule has 8 heteroatoms. The lowest BCUT2D eigenvalue weighted by Gasteiger charge is -2.36. The highest BCUT2D eigenvalue weighted by Crippen LogP contribution is 2.20. The molecule has 1 unspecified atom stereocenters. The van der Waals surface area contributed by atoms with Crippen molar-refractivity contribution in [1.29, 1.82) is 0 Å². The Morgan fingerprint density at radius 2 is 2.00 bits per heavy atom. The highest BCUT2D eigenvalue weighted by Gasteiger charge is 2.25. The van der Waals surface area contributed by atoms with Crippen LogP contribution in [0.5, 0.6) is 0 Å². The molecule has 2 aliphatic rings. The van der Waals surface area contributed by atoms with Crippen molar-refractivity contribution in [2.24, 2.45) is 5.92 Å². The Morgan fingerprint density at radius 3 is 2.78 bits per heavy atom. The van der Waals surface area contributed by atoms with Gasteiger partial charge in [-0.1, -0.05) is 0 Å². The van der Waals surface area contributed by atoms with E-state index in [9.17, 15) is 4.79 Å². The molecule has 0 bridgehead atoms. The topological polar surface area (TPSA) is 70.4 Å². The highest BCUT2D eigenvalue weighted by molar-refractivity contribution is 5.78. The van der Waals surface area contributed by atoms with Crippen molar-refractivity contribution >= 4 is 11.7 Å². The Balaban J connectivity index is 1.22. The van der Waals surface area contributed by atoms with Gasteiger partial charge in [0.2, 0.25) is 5.91 Å². The van der Waals surface area contributed by atoms with E-state index in [1.54, 1.807) is 18.6 Å². The number of aryl methyl sites for hydroxylation is 1. The minimum absolute atomic E-state index is 0.216. The van der Waals surface area contributed by atoms with Crippen LogP contribution >= 0.6 is 0 Å². The van der Waals surface area contributed by atoms with Gasteiger partial charge in [-0.2, -0.15) is 0 Å². The molecule has 8 nitrogen and oxygen atoms in total. The van der Waals surface area contributed by atoms with Gasteiger partial charge in [0, 0.05) is 70.5 Å². The Hall–Kier alpha value is -2.48. The molecule has 1 saturated heterocycles. The van der Waals surface area contributed by atoms with Crippen molar-refractivity contribution in [1.82, 2.24) is 29.3 Å². The van der Waals surface area contributed by atoms with E-state index in [1.165, 1.54) is 5.82 Å². The predicted molar refractivity (Wildman–Crippen MR) is 102 cm³/mol. The number of fused-ring (bicyclic) bond motifs is 1. The lowest BCUT2D eigenvalue weighted by Crippen LogP contribution is -2.51. The highest BCUT2D eigenvalue weighted by atomic mass is 16.2. The van der Waals surface area contributed by atoms with Crippen molar-refractivity contribution in [3.63, 3.8) is 0 Å². The molecule has 4 rings (SSSR count). The van der Waals surface area contributed by atoms with Crippen molar-refractivity contribution in [2.45, 2.75) is 19.4 Å². The normalized spacial score (nSPS) is 20.0. The molecule has 2 aromatic heterocycles. The number of anilines is 1. The molecule has 1 amide bonds. The van der Waals surface area contributed by atoms with Gasteiger partial charge < -0.3 is 14.4 Å². The summed E-state index contributed by atoms with van der Waals surface area (Å²) in [7, 11) is 2.05. The second-order valence-electron chi connectivity index (χ2n) is 7.52. The monoisotopic (exact) mass is 369 g/mol. The first-order valence-corrected chi connectivity index (χ1v) is 9.66. The van der Waals surface area contributed by atoms with Crippen molar-refractivity contribution in [3.05, 3.63) is 36.8 Å². The summed E-state index contributed by atoms with van der Waals surface area (Å²) in [6, 6.07) is 0. The standard InChI is InChI=1S/C19H27N7O/c1-23(14-16-2-6-24-7-5-22-17(24)12-16)15-19(27)26-10-8-25(9-11-26)18-13-20-3-4-21-18/h3-5,7,13,16H,2,6,8-12,14-15H2,1H3. The molecule has 27 heavy (non-hydrogen) atoms. The fourth-order valence-corrected chi connectivity index (χ4v) is 4.05. The number of imidazole rings is 1. The Labute approximate surface area is 159 Å². The van der Waals surface area contributed by atoms with Gasteiger partial charge in [0.25, 0.3) is 0 Å². The maximum atomic E-state index is 12.7. The Morgan fingerprint density at radius 1 is 1.15 bits per heavy atom. The number of rotatable bonds is 5. The molecule has 2 aromatic rings. The Kier molecular flexibility index (Phi) is 5.33. The molecule has 0 saturated carbocycles. The molecular weight excluding hydrogens is 342 g/mol. The molecule has 2 aliphatic heterocycles. The first kappa shape index (κ1) is 17.9. The second-order valence-corrected chi connectivity index (χ2v) is 7.52. The molecule has 4 heterocycles. The SMILES string of the molecule is CN(CC(=O)N1CCN(c2cnccn2)CC1)CC1CCn2ccnc2C1. The summed E-state index contributed by atoms with van der Waals surface area (Å²) < 4.78 is 2.23. The van der Waals surface area contributed by atoms with Gasteiger partial charge in [-0.15, -0.1) is 0 Å². The van der Waals surface area contributed by atoms with Crippen LogP contribution in [0.1, 0.15) is 12.2 Å². The number of hydrogen-bond acceptors (Lipinski definition) is 6. The molecule has 0 spiro atoms. The largest absolute Gasteiger partial charge is 0.352 e. The third-order valence-electron chi connectivity index (χ3n) is 5.53. The van der Waals surface area contributed by atoms with E-state index in [2.05, 4.69) is 42.6 Å². The lowest BCUT2D eigenvalue weighted by atomic mass is 9.97. The first-order valence-electron chi connectivity index (χ1n) is 9.66. The molecule has 0 aromatic carbocycles. The fraction of sp³-hybridized carbons (Fsp3) is 0.579. The first-order chi connectivity index (χ1) is 13.2. The number of amides is 1. The number of aromatic nitrogens is 4. The molecule has 1 fully saturated rings. The van der Waals surface area contributed by atoms with Crippen molar-refractivity contribution in [2.75, 3.05) is 51.2 Å².